The third kappa shape index (κ3) is 8.20. The summed E-state index contributed by atoms with van der Waals surface area (Å²) >= 11 is 0. The van der Waals surface area contributed by atoms with Gasteiger partial charge in [0.25, 0.3) is 0 Å². The Hall–Kier alpha value is -0.893. The van der Waals surface area contributed by atoms with Gasteiger partial charge in [-0.1, -0.05) is 24.6 Å². The lowest BCUT2D eigenvalue weighted by Crippen LogP contribution is -2.48. The molecule has 0 N–H and O–H groups in total. The van der Waals surface area contributed by atoms with Crippen molar-refractivity contribution in [2.75, 3.05) is 7.11 Å². The Morgan fingerprint density at radius 2 is 1.58 bits per heavy atom. The zero-order valence-electron chi connectivity index (χ0n) is 16.4. The Bertz CT molecular complexity index is 523. The van der Waals surface area contributed by atoms with Gasteiger partial charge in [-0.15, -0.1) is 0 Å². The number of unbranched alkanes of at least 4 members (excludes halogenated alkanes) is 2. The fraction of sp³-hybridized carbons (Fsp3) is 0.684. The minimum atomic E-state index is -4.29. The van der Waals surface area contributed by atoms with Gasteiger partial charge in [0.05, 0.1) is 5.56 Å². The molecular weight excluding hydrogens is 361 g/mol. The lowest BCUT2D eigenvalue weighted by Gasteiger charge is -2.31. The highest BCUT2D eigenvalue weighted by molar-refractivity contribution is 6.60. The summed E-state index contributed by atoms with van der Waals surface area (Å²) in [5.41, 5.74) is 0.128. The van der Waals surface area contributed by atoms with E-state index in [4.69, 9.17) is 13.3 Å². The first kappa shape index (κ1) is 23.1. The summed E-state index contributed by atoms with van der Waals surface area (Å²) < 4.78 is 55.9. The molecule has 0 aliphatic heterocycles. The Morgan fingerprint density at radius 3 is 2.08 bits per heavy atom. The van der Waals surface area contributed by atoms with Crippen molar-refractivity contribution in [3.05, 3.63) is 35.4 Å². The third-order valence-corrected chi connectivity index (χ3v) is 7.09. The highest BCUT2D eigenvalue weighted by atomic mass is 28.4. The Kier molecular flexibility index (Phi) is 9.30. The molecule has 0 aliphatic carbocycles. The Labute approximate surface area is 156 Å². The van der Waals surface area contributed by atoms with Crippen molar-refractivity contribution < 1.29 is 26.4 Å². The summed E-state index contributed by atoms with van der Waals surface area (Å²) in [5.74, 6) is 0. The molecule has 1 aromatic rings. The second-order valence-corrected chi connectivity index (χ2v) is 9.72. The van der Waals surface area contributed by atoms with Gasteiger partial charge in [-0.2, -0.15) is 13.2 Å². The van der Waals surface area contributed by atoms with Crippen molar-refractivity contribution in [2.45, 2.75) is 77.8 Å². The van der Waals surface area contributed by atoms with Crippen LogP contribution in [-0.2, 0) is 25.9 Å². The Balaban J connectivity index is 2.51. The van der Waals surface area contributed by atoms with Crippen LogP contribution in [0.4, 0.5) is 13.2 Å². The summed E-state index contributed by atoms with van der Waals surface area (Å²) in [6.45, 7) is 7.83. The van der Waals surface area contributed by atoms with E-state index in [1.807, 2.05) is 27.7 Å². The number of halogens is 3. The van der Waals surface area contributed by atoms with Crippen molar-refractivity contribution in [2.24, 2.45) is 0 Å². The molecule has 0 amide bonds. The molecule has 0 heterocycles. The van der Waals surface area contributed by atoms with Gasteiger partial charge in [0.15, 0.2) is 0 Å². The van der Waals surface area contributed by atoms with Crippen LogP contribution in [0.5, 0.6) is 0 Å². The fourth-order valence-corrected chi connectivity index (χ4v) is 5.62. The first-order chi connectivity index (χ1) is 12.1. The maximum absolute atomic E-state index is 12.8. The van der Waals surface area contributed by atoms with E-state index in [2.05, 4.69) is 0 Å². The van der Waals surface area contributed by atoms with E-state index in [-0.39, 0.29) is 12.2 Å². The molecule has 0 saturated carbocycles. The molecule has 1 aromatic carbocycles. The lowest BCUT2D eigenvalue weighted by molar-refractivity contribution is -0.137. The number of aryl methyl sites for hydroxylation is 1. The van der Waals surface area contributed by atoms with Crippen LogP contribution in [0, 0.1) is 0 Å². The lowest BCUT2D eigenvalue weighted by atomic mass is 10.0. The Morgan fingerprint density at radius 1 is 0.962 bits per heavy atom. The first-order valence-electron chi connectivity index (χ1n) is 9.15. The average molecular weight is 393 g/mol. The predicted octanol–water partition coefficient (Wildman–Crippen LogP) is 5.85. The molecule has 0 aromatic heterocycles. The summed E-state index contributed by atoms with van der Waals surface area (Å²) in [4.78, 5) is 0. The van der Waals surface area contributed by atoms with E-state index >= 15 is 0 Å². The van der Waals surface area contributed by atoms with Crippen LogP contribution in [0.25, 0.3) is 0 Å². The minimum Gasteiger partial charge on any atom is -0.377 e. The molecule has 0 fully saturated rings. The van der Waals surface area contributed by atoms with Crippen LogP contribution in [0.3, 0.4) is 0 Å². The molecule has 1 rings (SSSR count). The van der Waals surface area contributed by atoms with Gasteiger partial charge in [0.2, 0.25) is 0 Å². The zero-order valence-corrected chi connectivity index (χ0v) is 17.4. The van der Waals surface area contributed by atoms with E-state index in [1.54, 1.807) is 13.2 Å². The summed E-state index contributed by atoms with van der Waals surface area (Å²) in [7, 11) is -1.08. The van der Waals surface area contributed by atoms with Crippen molar-refractivity contribution in [3.8, 4) is 0 Å². The minimum absolute atomic E-state index is 0.0190. The molecule has 0 saturated heterocycles. The predicted molar refractivity (Wildman–Crippen MR) is 99.0 cm³/mol. The molecular formula is C19H31F3O3Si. The largest absolute Gasteiger partial charge is 0.501 e. The molecule has 0 bridgehead atoms. The van der Waals surface area contributed by atoms with Crippen LogP contribution in [-0.4, -0.2) is 28.1 Å². The van der Waals surface area contributed by atoms with Crippen LogP contribution in [0.15, 0.2) is 24.3 Å². The van der Waals surface area contributed by atoms with E-state index in [9.17, 15) is 13.2 Å². The van der Waals surface area contributed by atoms with Gasteiger partial charge in [-0.3, -0.25) is 0 Å². The van der Waals surface area contributed by atoms with Gasteiger partial charge in [-0.05, 0) is 58.6 Å². The maximum atomic E-state index is 12.8. The highest BCUT2D eigenvalue weighted by Gasteiger charge is 2.41. The highest BCUT2D eigenvalue weighted by Crippen LogP contribution is 2.30. The van der Waals surface area contributed by atoms with Crippen LogP contribution >= 0.6 is 0 Å². The van der Waals surface area contributed by atoms with E-state index in [0.717, 1.165) is 25.3 Å². The molecule has 150 valence electrons. The van der Waals surface area contributed by atoms with Gasteiger partial charge >= 0.3 is 15.0 Å². The van der Waals surface area contributed by atoms with Gasteiger partial charge in [0.1, 0.15) is 0 Å². The van der Waals surface area contributed by atoms with Crippen LogP contribution < -0.4 is 0 Å². The standard InChI is InChI=1S/C19H31F3O3Si/c1-15(2)24-26(23-5,25-16(3)4)13-8-6-7-10-17-11-9-12-18(14-17)19(20,21)22/h9,11-12,14-16H,6-8,10,13H2,1-5H3. The third-order valence-electron chi connectivity index (χ3n) is 3.84. The number of rotatable bonds is 11. The topological polar surface area (TPSA) is 27.7 Å². The molecule has 26 heavy (non-hydrogen) atoms. The quantitative estimate of drug-likeness (QED) is 0.349. The zero-order chi connectivity index (χ0) is 19.8. The van der Waals surface area contributed by atoms with Gasteiger partial charge in [-0.25, -0.2) is 0 Å². The number of hydrogen-bond donors (Lipinski definition) is 0. The normalized spacial score (nSPS) is 13.0. The molecule has 0 atom stereocenters. The van der Waals surface area contributed by atoms with Crippen molar-refractivity contribution in [1.82, 2.24) is 0 Å². The van der Waals surface area contributed by atoms with Crippen LogP contribution in [0.1, 0.15) is 58.1 Å². The SMILES string of the molecule is CO[Si](CCCCCc1cccc(C(F)(F)F)c1)(OC(C)C)OC(C)C. The van der Waals surface area contributed by atoms with E-state index < -0.39 is 20.5 Å². The molecule has 3 nitrogen and oxygen atoms in total. The van der Waals surface area contributed by atoms with Gasteiger partial charge < -0.3 is 13.3 Å². The molecule has 7 heteroatoms. The van der Waals surface area contributed by atoms with E-state index in [0.29, 0.717) is 18.0 Å². The molecule has 0 unspecified atom stereocenters. The molecule has 0 aliphatic rings. The van der Waals surface area contributed by atoms with Crippen molar-refractivity contribution in [1.29, 1.82) is 0 Å². The summed E-state index contributed by atoms with van der Waals surface area (Å²) in [6.07, 6.45) is -1.06. The fourth-order valence-electron chi connectivity index (χ4n) is 2.81. The number of alkyl halides is 3. The number of hydrogen-bond acceptors (Lipinski definition) is 3. The van der Waals surface area contributed by atoms with Crippen molar-refractivity contribution >= 4 is 8.80 Å². The molecule has 0 spiro atoms. The number of benzene rings is 1. The second-order valence-electron chi connectivity index (χ2n) is 6.98. The van der Waals surface area contributed by atoms with E-state index in [1.165, 1.54) is 12.1 Å². The van der Waals surface area contributed by atoms with Gasteiger partial charge in [0, 0.05) is 25.4 Å². The maximum Gasteiger partial charge on any atom is 0.501 e. The van der Waals surface area contributed by atoms with Crippen molar-refractivity contribution in [3.63, 3.8) is 0 Å². The first-order valence-corrected chi connectivity index (χ1v) is 11.1. The second kappa shape index (κ2) is 10.4. The van der Waals surface area contributed by atoms with Crippen LogP contribution in [0.2, 0.25) is 6.04 Å². The monoisotopic (exact) mass is 392 g/mol. The smallest absolute Gasteiger partial charge is 0.377 e. The molecule has 0 radical (unpaired) electrons. The average Bonchev–Trinajstić information content (AvgIpc) is 2.52. The summed E-state index contributed by atoms with van der Waals surface area (Å²) in [6, 6.07) is 6.26. The summed E-state index contributed by atoms with van der Waals surface area (Å²) in [5, 5.41) is 0.